The maximum absolute atomic E-state index is 11.9. The topological polar surface area (TPSA) is 108 Å². The van der Waals surface area contributed by atoms with Gasteiger partial charge in [-0.3, -0.25) is 4.21 Å². The minimum absolute atomic E-state index is 0.149. The van der Waals surface area contributed by atoms with Gasteiger partial charge in [0.05, 0.1) is 11.6 Å². The number of esters is 1. The van der Waals surface area contributed by atoms with Crippen molar-refractivity contribution in [2.75, 3.05) is 13.7 Å². The van der Waals surface area contributed by atoms with Crippen LogP contribution in [0.5, 0.6) is 0 Å². The normalized spacial score (nSPS) is 16.0. The lowest BCUT2D eigenvalue weighted by atomic mass is 9.94. The monoisotopic (exact) mass is 383 g/mol. The Morgan fingerprint density at radius 2 is 2.12 bits per heavy atom. The molecule has 1 aliphatic rings. The fourth-order valence-electron chi connectivity index (χ4n) is 2.72. The first-order valence-electron chi connectivity index (χ1n) is 8.08. The molecule has 1 unspecified atom stereocenters. The summed E-state index contributed by atoms with van der Waals surface area (Å²) >= 11 is -2.51. The lowest BCUT2D eigenvalue weighted by Crippen LogP contribution is -2.42. The van der Waals surface area contributed by atoms with Crippen LogP contribution in [0, 0.1) is 6.92 Å². The van der Waals surface area contributed by atoms with Crippen molar-refractivity contribution in [2.24, 2.45) is 0 Å². The Kier molecular flexibility index (Phi) is 6.05. The highest BCUT2D eigenvalue weighted by molar-refractivity contribution is 7.76. The number of alkyl carbamates (subject to hydrolysis) is 1. The second kappa shape index (κ2) is 7.73. The lowest BCUT2D eigenvalue weighted by Gasteiger charge is -2.31. The molecular formula is C17H23N2O6S-. The number of carbonyl (C=O) groups excluding carboxylic acids is 2. The first-order chi connectivity index (χ1) is 12.0. The van der Waals surface area contributed by atoms with E-state index in [9.17, 15) is 18.4 Å². The second-order valence-corrected chi connectivity index (χ2v) is 8.14. The zero-order valence-corrected chi connectivity index (χ0v) is 16.3. The Hall–Kier alpha value is -1.97. The molecule has 0 spiro atoms. The smallest absolute Gasteiger partial charge is 0.407 e. The van der Waals surface area contributed by atoms with Crippen molar-refractivity contribution < 1.29 is 27.8 Å². The largest absolute Gasteiger partial charge is 0.760 e. The number of fused-ring (bicyclic) bond motifs is 1. The molecule has 2 rings (SSSR count). The maximum Gasteiger partial charge on any atom is 0.407 e. The fourth-order valence-corrected chi connectivity index (χ4v) is 3.10. The molecule has 0 saturated carbocycles. The fraction of sp³-hybridized carbons (Fsp3) is 0.529. The van der Waals surface area contributed by atoms with Gasteiger partial charge in [-0.05, 0) is 51.9 Å². The van der Waals surface area contributed by atoms with Crippen LogP contribution in [0.1, 0.15) is 53.9 Å². The van der Waals surface area contributed by atoms with E-state index >= 15 is 0 Å². The number of likely N-dealkylation sites (N-methyl/N-ethyl adjacent to an activating group) is 1. The number of nitrogens with one attached hydrogen (secondary N) is 1. The maximum atomic E-state index is 11.9. The molecule has 1 N–H and O–H groups in total. The Balaban J connectivity index is 2.28. The van der Waals surface area contributed by atoms with Gasteiger partial charge in [-0.15, -0.1) is 0 Å². The van der Waals surface area contributed by atoms with Crippen LogP contribution in [0.4, 0.5) is 4.79 Å². The van der Waals surface area contributed by atoms with E-state index in [1.807, 2.05) is 20.8 Å². The molecule has 0 saturated heterocycles. The average molecular weight is 383 g/mol. The Bertz CT molecular complexity index is 744. The third kappa shape index (κ3) is 4.60. The lowest BCUT2D eigenvalue weighted by molar-refractivity contribution is 0.0534. The molecule has 9 heteroatoms. The molecule has 1 heterocycles. The van der Waals surface area contributed by atoms with Gasteiger partial charge < -0.3 is 19.3 Å². The van der Waals surface area contributed by atoms with Crippen molar-refractivity contribution in [3.05, 3.63) is 34.4 Å². The number of cyclic esters (lactones) is 1. The standard InChI is InChI=1S/C17H24N2O6S/c1-10-11(6-7-12-13(10)8-24-15(12)20)14(19(5)26(22)23)9-25-16(21)18-17(2,3)4/h6-7,14H,8-9H2,1-5H3,(H,18,21)(H,22,23)/p-1/t14-/m0/s1. The summed E-state index contributed by atoms with van der Waals surface area (Å²) in [5, 5.41) is 2.66. The van der Waals surface area contributed by atoms with Crippen LogP contribution in [0.15, 0.2) is 12.1 Å². The number of hydrogen-bond acceptors (Lipinski definition) is 6. The van der Waals surface area contributed by atoms with Crippen LogP contribution in [-0.4, -0.2) is 44.3 Å². The van der Waals surface area contributed by atoms with E-state index in [0.717, 1.165) is 15.4 Å². The molecule has 26 heavy (non-hydrogen) atoms. The number of benzene rings is 1. The molecule has 8 nitrogen and oxygen atoms in total. The summed E-state index contributed by atoms with van der Waals surface area (Å²) in [5.41, 5.74) is 2.12. The van der Waals surface area contributed by atoms with Gasteiger partial charge in [0.2, 0.25) is 0 Å². The van der Waals surface area contributed by atoms with Crippen LogP contribution < -0.4 is 5.32 Å². The number of hydrogen-bond donors (Lipinski definition) is 1. The molecule has 2 atom stereocenters. The Morgan fingerprint density at radius 1 is 1.46 bits per heavy atom. The van der Waals surface area contributed by atoms with Crippen LogP contribution in [0.2, 0.25) is 0 Å². The first-order valence-corrected chi connectivity index (χ1v) is 9.11. The number of carbonyl (C=O) groups is 2. The number of amides is 1. The quantitative estimate of drug-likeness (QED) is 0.615. The van der Waals surface area contributed by atoms with Crippen molar-refractivity contribution in [3.63, 3.8) is 0 Å². The zero-order chi connectivity index (χ0) is 19.6. The number of rotatable bonds is 5. The second-order valence-electron chi connectivity index (χ2n) is 7.13. The van der Waals surface area contributed by atoms with E-state index in [4.69, 9.17) is 9.47 Å². The van der Waals surface area contributed by atoms with E-state index in [1.54, 1.807) is 19.1 Å². The Morgan fingerprint density at radius 3 is 2.69 bits per heavy atom. The molecule has 1 aromatic rings. The van der Waals surface area contributed by atoms with E-state index in [-0.39, 0.29) is 13.2 Å². The average Bonchev–Trinajstić information content (AvgIpc) is 2.89. The molecular weight excluding hydrogens is 360 g/mol. The highest BCUT2D eigenvalue weighted by atomic mass is 32.2. The van der Waals surface area contributed by atoms with Crippen LogP contribution in [0.3, 0.4) is 0 Å². The third-order valence-corrected chi connectivity index (χ3v) is 4.82. The van der Waals surface area contributed by atoms with Crippen molar-refractivity contribution in [1.82, 2.24) is 9.62 Å². The van der Waals surface area contributed by atoms with Crippen molar-refractivity contribution in [2.45, 2.75) is 45.9 Å². The number of nitrogens with zero attached hydrogens (tertiary/aromatic N) is 1. The van der Waals surface area contributed by atoms with Gasteiger partial charge in [-0.2, -0.15) is 0 Å². The molecule has 1 aliphatic heterocycles. The summed E-state index contributed by atoms with van der Waals surface area (Å²) in [7, 11) is 1.40. The van der Waals surface area contributed by atoms with Gasteiger partial charge in [-0.25, -0.2) is 13.9 Å². The molecule has 0 radical (unpaired) electrons. The highest BCUT2D eigenvalue weighted by Gasteiger charge is 2.29. The zero-order valence-electron chi connectivity index (χ0n) is 15.5. The molecule has 0 aromatic heterocycles. The molecule has 144 valence electrons. The predicted molar refractivity (Wildman–Crippen MR) is 94.0 cm³/mol. The van der Waals surface area contributed by atoms with E-state index in [2.05, 4.69) is 5.32 Å². The van der Waals surface area contributed by atoms with Crippen molar-refractivity contribution in [1.29, 1.82) is 0 Å². The van der Waals surface area contributed by atoms with Gasteiger partial charge in [0.1, 0.15) is 13.2 Å². The van der Waals surface area contributed by atoms with E-state index in [1.165, 1.54) is 7.05 Å². The molecule has 0 bridgehead atoms. The van der Waals surface area contributed by atoms with Gasteiger partial charge in [0, 0.05) is 22.4 Å². The summed E-state index contributed by atoms with van der Waals surface area (Å²) < 4.78 is 34.3. The predicted octanol–water partition coefficient (Wildman–Crippen LogP) is 1.96. The summed E-state index contributed by atoms with van der Waals surface area (Å²) in [6.07, 6.45) is -0.634. The summed E-state index contributed by atoms with van der Waals surface area (Å²) in [5.74, 6) is -0.396. The van der Waals surface area contributed by atoms with E-state index < -0.39 is 34.9 Å². The summed E-state index contributed by atoms with van der Waals surface area (Å²) in [4.78, 5) is 23.6. The molecule has 0 fully saturated rings. The van der Waals surface area contributed by atoms with Gasteiger partial charge in [-0.1, -0.05) is 6.07 Å². The Labute approximate surface area is 155 Å². The van der Waals surface area contributed by atoms with Crippen LogP contribution in [-0.2, 0) is 27.3 Å². The molecule has 0 aliphatic carbocycles. The minimum atomic E-state index is -2.51. The van der Waals surface area contributed by atoms with E-state index in [0.29, 0.717) is 11.1 Å². The van der Waals surface area contributed by atoms with Crippen LogP contribution >= 0.6 is 0 Å². The number of ether oxygens (including phenoxy) is 2. The summed E-state index contributed by atoms with van der Waals surface area (Å²) in [6.45, 7) is 7.21. The highest BCUT2D eigenvalue weighted by Crippen LogP contribution is 2.31. The van der Waals surface area contributed by atoms with Crippen molar-refractivity contribution in [3.8, 4) is 0 Å². The van der Waals surface area contributed by atoms with Crippen LogP contribution in [0.25, 0.3) is 0 Å². The minimum Gasteiger partial charge on any atom is -0.760 e. The molecule has 1 aromatic carbocycles. The van der Waals surface area contributed by atoms with Gasteiger partial charge >= 0.3 is 12.1 Å². The van der Waals surface area contributed by atoms with Gasteiger partial charge in [0.25, 0.3) is 0 Å². The summed E-state index contributed by atoms with van der Waals surface area (Å²) in [6, 6.07) is 2.55. The third-order valence-electron chi connectivity index (χ3n) is 4.09. The van der Waals surface area contributed by atoms with Crippen molar-refractivity contribution >= 4 is 23.3 Å². The SMILES string of the molecule is Cc1c([C@H](COC(=O)NC(C)(C)C)N(C)S(=O)[O-])ccc2c1COC2=O. The van der Waals surface area contributed by atoms with Gasteiger partial charge in [0.15, 0.2) is 0 Å². The molecule has 1 amide bonds. The first kappa shape index (κ1) is 20.3.